The third kappa shape index (κ3) is 4.73. The van der Waals surface area contributed by atoms with Crippen LogP contribution in [0.25, 0.3) is 0 Å². The number of nitrogens with one attached hydrogen (secondary N) is 2. The van der Waals surface area contributed by atoms with Gasteiger partial charge in [0, 0.05) is 12.2 Å². The van der Waals surface area contributed by atoms with E-state index in [4.69, 9.17) is 14.2 Å². The Kier molecular flexibility index (Phi) is 8.53. The van der Waals surface area contributed by atoms with Crippen molar-refractivity contribution in [2.24, 2.45) is 5.41 Å². The summed E-state index contributed by atoms with van der Waals surface area (Å²) in [5.41, 5.74) is -0.144. The molecule has 0 aromatic heterocycles. The predicted octanol–water partition coefficient (Wildman–Crippen LogP) is 5.20. The molecule has 4 unspecified atom stereocenters. The van der Waals surface area contributed by atoms with E-state index in [2.05, 4.69) is 22.8 Å². The number of urea groups is 1. The van der Waals surface area contributed by atoms with Crippen molar-refractivity contribution in [1.29, 1.82) is 0 Å². The van der Waals surface area contributed by atoms with Gasteiger partial charge in [-0.2, -0.15) is 0 Å². The van der Waals surface area contributed by atoms with Crippen molar-refractivity contribution in [2.45, 2.75) is 107 Å². The summed E-state index contributed by atoms with van der Waals surface area (Å²) >= 11 is 0. The Morgan fingerprint density at radius 3 is 2.38 bits per heavy atom. The molecule has 2 saturated carbocycles. The van der Waals surface area contributed by atoms with Gasteiger partial charge in [0.25, 0.3) is 0 Å². The van der Waals surface area contributed by atoms with Gasteiger partial charge < -0.3 is 24.8 Å². The standard InChI is InChI=1S/C30H41N3O6.ClH/c1-20(37-28(36)38-24-7-3-2-4-8-24)30(29-16-6-5-9-25(29)39-26(29)34)19-32-27(35)33(30)23-12-10-21(11-13-23)22-14-17-31-18-15-22;/h10-13,20,22,24-25,31H,2-9,14-19H2,1H3,(H,32,35);1H. The average Bonchev–Trinajstić information content (AvgIpc) is 3.31. The highest BCUT2D eigenvalue weighted by molar-refractivity contribution is 6.00. The van der Waals surface area contributed by atoms with Crippen LogP contribution in [-0.2, 0) is 19.0 Å². The molecule has 4 atom stereocenters. The SMILES string of the molecule is CC(OC(=O)OC1CCCCC1)C1(C23CCCCC2OC3=O)CNC(=O)N1c1ccc(C2CCNCC2)cc1.Cl. The summed E-state index contributed by atoms with van der Waals surface area (Å²) in [5, 5.41) is 6.42. The van der Waals surface area contributed by atoms with Crippen LogP contribution in [0.1, 0.15) is 89.0 Å². The van der Waals surface area contributed by atoms with Gasteiger partial charge in [-0.3, -0.25) is 9.69 Å². The molecular weight excluding hydrogens is 534 g/mol. The Balaban J connectivity index is 0.00000323. The molecule has 5 fully saturated rings. The van der Waals surface area contributed by atoms with Gasteiger partial charge in [0.15, 0.2) is 0 Å². The minimum Gasteiger partial charge on any atom is -0.460 e. The quantitative estimate of drug-likeness (QED) is 0.449. The topological polar surface area (TPSA) is 106 Å². The number of ether oxygens (including phenoxy) is 3. The minimum absolute atomic E-state index is 0. The third-order valence-electron chi connectivity index (χ3n) is 10.1. The van der Waals surface area contributed by atoms with Crippen LogP contribution >= 0.6 is 12.4 Å². The van der Waals surface area contributed by atoms with Gasteiger partial charge in [-0.05, 0) is 101 Å². The second kappa shape index (κ2) is 11.8. The van der Waals surface area contributed by atoms with E-state index < -0.39 is 23.2 Å². The molecule has 2 aliphatic carbocycles. The van der Waals surface area contributed by atoms with E-state index in [1.165, 1.54) is 5.56 Å². The van der Waals surface area contributed by atoms with E-state index in [1.807, 2.05) is 12.1 Å². The summed E-state index contributed by atoms with van der Waals surface area (Å²) < 4.78 is 17.4. The number of carbonyl (C=O) groups excluding carboxylic acids is 3. The number of benzene rings is 1. The first-order chi connectivity index (χ1) is 19.0. The molecule has 2 N–H and O–H groups in total. The van der Waals surface area contributed by atoms with Crippen molar-refractivity contribution < 1.29 is 28.6 Å². The summed E-state index contributed by atoms with van der Waals surface area (Å²) in [7, 11) is 0. The van der Waals surface area contributed by atoms with E-state index in [0.717, 1.165) is 77.3 Å². The molecule has 5 aliphatic rings. The van der Waals surface area contributed by atoms with E-state index >= 15 is 0 Å². The largest absolute Gasteiger partial charge is 0.508 e. The predicted molar refractivity (Wildman–Crippen MR) is 152 cm³/mol. The van der Waals surface area contributed by atoms with E-state index in [1.54, 1.807) is 11.8 Å². The Labute approximate surface area is 242 Å². The van der Waals surface area contributed by atoms with Gasteiger partial charge in [-0.1, -0.05) is 25.0 Å². The Morgan fingerprint density at radius 1 is 1.00 bits per heavy atom. The smallest absolute Gasteiger partial charge is 0.460 e. The molecule has 3 aliphatic heterocycles. The van der Waals surface area contributed by atoms with Gasteiger partial charge >= 0.3 is 18.2 Å². The lowest BCUT2D eigenvalue weighted by Gasteiger charge is -2.61. The van der Waals surface area contributed by atoms with Gasteiger partial charge in [-0.15, -0.1) is 12.4 Å². The number of esters is 1. The fourth-order valence-corrected chi connectivity index (χ4v) is 7.96. The molecule has 3 heterocycles. The van der Waals surface area contributed by atoms with E-state index in [9.17, 15) is 14.4 Å². The van der Waals surface area contributed by atoms with Crippen LogP contribution in [0.3, 0.4) is 0 Å². The number of hydrogen-bond acceptors (Lipinski definition) is 7. The summed E-state index contributed by atoms with van der Waals surface area (Å²) in [6.07, 6.45) is 8.20. The first-order valence-electron chi connectivity index (χ1n) is 14.9. The second-order valence-corrected chi connectivity index (χ2v) is 12.0. The molecule has 2 amide bonds. The number of hydrogen-bond donors (Lipinski definition) is 2. The highest BCUT2D eigenvalue weighted by atomic mass is 35.5. The zero-order chi connectivity index (χ0) is 27.0. The molecule has 0 radical (unpaired) electrons. The maximum Gasteiger partial charge on any atom is 0.508 e. The number of amides is 2. The van der Waals surface area contributed by atoms with Gasteiger partial charge in [-0.25, -0.2) is 9.59 Å². The Morgan fingerprint density at radius 2 is 1.70 bits per heavy atom. The number of anilines is 1. The van der Waals surface area contributed by atoms with Crippen LogP contribution in [0.4, 0.5) is 15.3 Å². The minimum atomic E-state index is -1.13. The van der Waals surface area contributed by atoms with Crippen molar-refractivity contribution >= 4 is 36.3 Å². The molecule has 3 saturated heterocycles. The number of nitrogens with zero attached hydrogens (tertiary/aromatic N) is 1. The van der Waals surface area contributed by atoms with Crippen LogP contribution in [0.15, 0.2) is 24.3 Å². The average molecular weight is 576 g/mol. The van der Waals surface area contributed by atoms with Crippen LogP contribution in [0, 0.1) is 5.41 Å². The fraction of sp³-hybridized carbons (Fsp3) is 0.700. The number of carbonyl (C=O) groups is 3. The van der Waals surface area contributed by atoms with Crippen molar-refractivity contribution in [3.63, 3.8) is 0 Å². The maximum absolute atomic E-state index is 13.6. The molecule has 220 valence electrons. The number of piperidine rings is 1. The molecule has 0 spiro atoms. The van der Waals surface area contributed by atoms with Crippen LogP contribution < -0.4 is 15.5 Å². The zero-order valence-electron chi connectivity index (χ0n) is 23.3. The van der Waals surface area contributed by atoms with Gasteiger partial charge in [0.2, 0.25) is 0 Å². The third-order valence-corrected chi connectivity index (χ3v) is 10.1. The number of fused-ring (bicyclic) bond motifs is 1. The summed E-state index contributed by atoms with van der Waals surface area (Å²) in [6.45, 7) is 3.99. The van der Waals surface area contributed by atoms with Crippen molar-refractivity contribution in [3.8, 4) is 0 Å². The molecule has 0 bridgehead atoms. The highest BCUT2D eigenvalue weighted by Gasteiger charge is 2.76. The molecule has 40 heavy (non-hydrogen) atoms. The monoisotopic (exact) mass is 575 g/mol. The van der Waals surface area contributed by atoms with E-state index in [-0.39, 0.29) is 43.2 Å². The van der Waals surface area contributed by atoms with Crippen molar-refractivity contribution in [2.75, 3.05) is 24.5 Å². The zero-order valence-corrected chi connectivity index (χ0v) is 24.1. The fourth-order valence-electron chi connectivity index (χ4n) is 7.96. The van der Waals surface area contributed by atoms with Crippen LogP contribution in [-0.4, -0.2) is 61.6 Å². The first-order valence-corrected chi connectivity index (χ1v) is 14.9. The van der Waals surface area contributed by atoms with Crippen molar-refractivity contribution in [3.05, 3.63) is 29.8 Å². The van der Waals surface area contributed by atoms with Gasteiger partial charge in [0.05, 0.1) is 0 Å². The van der Waals surface area contributed by atoms with Crippen molar-refractivity contribution in [1.82, 2.24) is 10.6 Å². The second-order valence-electron chi connectivity index (χ2n) is 12.0. The first kappa shape index (κ1) is 29.0. The molecule has 1 aromatic carbocycles. The summed E-state index contributed by atoms with van der Waals surface area (Å²) in [6, 6.07) is 7.85. The molecule has 9 nitrogen and oxygen atoms in total. The maximum atomic E-state index is 13.6. The van der Waals surface area contributed by atoms with Gasteiger partial charge in [0.1, 0.15) is 29.3 Å². The lowest BCUT2D eigenvalue weighted by molar-refractivity contribution is -0.235. The van der Waals surface area contributed by atoms with Crippen LogP contribution in [0.2, 0.25) is 0 Å². The summed E-state index contributed by atoms with van der Waals surface area (Å²) in [4.78, 5) is 41.8. The summed E-state index contributed by atoms with van der Waals surface area (Å²) in [5.74, 6) is 0.174. The lowest BCUT2D eigenvalue weighted by atomic mass is 9.54. The normalized spacial score (nSPS) is 31.6. The number of rotatable bonds is 6. The Hall–Kier alpha value is -2.52. The molecule has 10 heteroatoms. The number of halogens is 1. The van der Waals surface area contributed by atoms with Crippen LogP contribution in [0.5, 0.6) is 0 Å². The molecular formula is C30H42ClN3O6. The lowest BCUT2D eigenvalue weighted by Crippen LogP contribution is -2.78. The highest BCUT2D eigenvalue weighted by Crippen LogP contribution is 2.59. The Bertz CT molecular complexity index is 1090. The van der Waals surface area contributed by atoms with E-state index in [0.29, 0.717) is 18.0 Å². The molecule has 1 aromatic rings. The molecule has 6 rings (SSSR count).